The highest BCUT2D eigenvalue weighted by atomic mass is 32.2. The fourth-order valence-corrected chi connectivity index (χ4v) is 4.26. The maximum absolute atomic E-state index is 12.1. The maximum Gasteiger partial charge on any atom is 0.212 e. The van der Waals surface area contributed by atoms with E-state index in [2.05, 4.69) is 9.71 Å². The molecule has 0 bridgehead atoms. The van der Waals surface area contributed by atoms with Gasteiger partial charge in [-0.1, -0.05) is 37.3 Å². The van der Waals surface area contributed by atoms with Gasteiger partial charge < -0.3 is 0 Å². The Morgan fingerprint density at radius 2 is 2.00 bits per heavy atom. The zero-order valence-corrected chi connectivity index (χ0v) is 13.9. The summed E-state index contributed by atoms with van der Waals surface area (Å²) in [6.45, 7) is 4.32. The molecule has 114 valence electrons. The van der Waals surface area contributed by atoms with Gasteiger partial charge in [0.15, 0.2) is 0 Å². The molecule has 0 radical (unpaired) electrons. The van der Waals surface area contributed by atoms with E-state index >= 15 is 0 Å². The van der Waals surface area contributed by atoms with Crippen molar-refractivity contribution in [3.8, 4) is 0 Å². The first-order valence-electron chi connectivity index (χ1n) is 6.90. The smallest absolute Gasteiger partial charge is 0.212 e. The van der Waals surface area contributed by atoms with Crippen LogP contribution in [0, 0.1) is 6.92 Å². The summed E-state index contributed by atoms with van der Waals surface area (Å²) in [6, 6.07) is 9.70. The van der Waals surface area contributed by atoms with E-state index < -0.39 is 10.0 Å². The van der Waals surface area contributed by atoms with Gasteiger partial charge in [-0.05, 0) is 18.4 Å². The summed E-state index contributed by atoms with van der Waals surface area (Å²) in [4.78, 5) is 5.37. The summed E-state index contributed by atoms with van der Waals surface area (Å²) >= 11 is 1.60. The summed E-state index contributed by atoms with van der Waals surface area (Å²) in [5.74, 6) is 0.0827. The molecule has 0 saturated heterocycles. The van der Waals surface area contributed by atoms with Crippen molar-refractivity contribution in [2.24, 2.45) is 0 Å². The van der Waals surface area contributed by atoms with E-state index in [1.807, 2.05) is 50.4 Å². The summed E-state index contributed by atoms with van der Waals surface area (Å²) in [5.41, 5.74) is 1.04. The molecule has 0 fully saturated rings. The van der Waals surface area contributed by atoms with Crippen molar-refractivity contribution in [2.75, 3.05) is 12.3 Å². The molecule has 1 aromatic carbocycles. The largest absolute Gasteiger partial charge is 0.249 e. The highest BCUT2D eigenvalue weighted by Crippen LogP contribution is 2.16. The van der Waals surface area contributed by atoms with Crippen LogP contribution < -0.4 is 4.72 Å². The van der Waals surface area contributed by atoms with Gasteiger partial charge in [0.25, 0.3) is 0 Å². The number of hydrogen-bond acceptors (Lipinski definition) is 4. The highest BCUT2D eigenvalue weighted by molar-refractivity contribution is 7.89. The molecule has 0 saturated carbocycles. The number of aryl methyl sites for hydroxylation is 1. The minimum absolute atomic E-state index is 0.0224. The standard InChI is InChI=1S/C15H20N2O2S2/c1-12(14-6-4-3-5-7-14)11-21(18,19)17-9-8-15-16-10-13(2)20-15/h3-7,10,12,17H,8-9,11H2,1-2H3/t12-/m0/s1. The molecule has 0 spiro atoms. The van der Waals surface area contributed by atoms with Crippen molar-refractivity contribution >= 4 is 21.4 Å². The molecule has 1 aromatic heterocycles. The number of aromatic nitrogens is 1. The Bertz CT molecular complexity index is 666. The monoisotopic (exact) mass is 324 g/mol. The van der Waals surface area contributed by atoms with Gasteiger partial charge in [0, 0.05) is 24.0 Å². The van der Waals surface area contributed by atoms with E-state index in [1.54, 1.807) is 11.3 Å². The van der Waals surface area contributed by atoms with Crippen molar-refractivity contribution in [3.63, 3.8) is 0 Å². The van der Waals surface area contributed by atoms with Crippen LogP contribution in [0.15, 0.2) is 36.5 Å². The van der Waals surface area contributed by atoms with Crippen LogP contribution in [0.25, 0.3) is 0 Å². The second-order valence-corrected chi connectivity index (χ2v) is 8.27. The quantitative estimate of drug-likeness (QED) is 0.852. The zero-order chi connectivity index (χ0) is 15.3. The molecular weight excluding hydrogens is 304 g/mol. The average molecular weight is 324 g/mol. The molecule has 0 aliphatic rings. The Labute approximate surface area is 130 Å². The van der Waals surface area contributed by atoms with Crippen LogP contribution in [0.5, 0.6) is 0 Å². The molecule has 1 atom stereocenters. The van der Waals surface area contributed by atoms with E-state index in [9.17, 15) is 8.42 Å². The van der Waals surface area contributed by atoms with Crippen LogP contribution in [-0.2, 0) is 16.4 Å². The van der Waals surface area contributed by atoms with Gasteiger partial charge in [-0.3, -0.25) is 0 Å². The summed E-state index contributed by atoms with van der Waals surface area (Å²) in [5, 5.41) is 0.964. The minimum Gasteiger partial charge on any atom is -0.249 e. The van der Waals surface area contributed by atoms with Gasteiger partial charge >= 0.3 is 0 Å². The van der Waals surface area contributed by atoms with Gasteiger partial charge in [0.2, 0.25) is 10.0 Å². The number of hydrogen-bond donors (Lipinski definition) is 1. The third-order valence-corrected chi connectivity index (χ3v) is 5.72. The van der Waals surface area contributed by atoms with E-state index in [4.69, 9.17) is 0 Å². The van der Waals surface area contributed by atoms with Crippen molar-refractivity contribution in [1.29, 1.82) is 0 Å². The average Bonchev–Trinajstić information content (AvgIpc) is 2.84. The van der Waals surface area contributed by atoms with Crippen molar-refractivity contribution in [1.82, 2.24) is 9.71 Å². The molecule has 2 rings (SSSR count). The van der Waals surface area contributed by atoms with Gasteiger partial charge in [-0.2, -0.15) is 0 Å². The predicted molar refractivity (Wildman–Crippen MR) is 87.2 cm³/mol. The lowest BCUT2D eigenvalue weighted by Crippen LogP contribution is -2.30. The Balaban J connectivity index is 1.84. The van der Waals surface area contributed by atoms with Crippen LogP contribution in [0.2, 0.25) is 0 Å². The van der Waals surface area contributed by atoms with Crippen LogP contribution in [0.1, 0.15) is 28.3 Å². The topological polar surface area (TPSA) is 59.1 Å². The minimum atomic E-state index is -3.27. The third-order valence-electron chi connectivity index (χ3n) is 3.17. The molecular formula is C15H20N2O2S2. The second kappa shape index (κ2) is 7.15. The molecule has 21 heavy (non-hydrogen) atoms. The number of rotatable bonds is 7. The fourth-order valence-electron chi connectivity index (χ4n) is 2.10. The van der Waals surface area contributed by atoms with Crippen LogP contribution >= 0.6 is 11.3 Å². The lowest BCUT2D eigenvalue weighted by Gasteiger charge is -2.12. The van der Waals surface area contributed by atoms with Crippen molar-refractivity contribution in [3.05, 3.63) is 52.0 Å². The Hall–Kier alpha value is -1.24. The number of nitrogens with one attached hydrogen (secondary N) is 1. The molecule has 2 aromatic rings. The number of thiazole rings is 1. The van der Waals surface area contributed by atoms with Gasteiger partial charge in [-0.15, -0.1) is 11.3 Å². The zero-order valence-electron chi connectivity index (χ0n) is 12.2. The summed E-state index contributed by atoms with van der Waals surface area (Å²) in [7, 11) is -3.27. The lowest BCUT2D eigenvalue weighted by molar-refractivity contribution is 0.576. The number of benzene rings is 1. The van der Waals surface area contributed by atoms with Gasteiger partial charge in [0.1, 0.15) is 0 Å². The molecule has 6 heteroatoms. The molecule has 0 unspecified atom stereocenters. The second-order valence-electron chi connectivity index (χ2n) is 5.10. The SMILES string of the molecule is Cc1cnc(CCNS(=O)(=O)C[C@H](C)c2ccccc2)s1. The van der Waals surface area contributed by atoms with Gasteiger partial charge in [0.05, 0.1) is 10.8 Å². The Morgan fingerprint density at radius 1 is 1.29 bits per heavy atom. The molecule has 0 aliphatic carbocycles. The lowest BCUT2D eigenvalue weighted by atomic mass is 10.0. The van der Waals surface area contributed by atoms with E-state index in [1.165, 1.54) is 0 Å². The molecule has 1 N–H and O–H groups in total. The molecule has 0 aliphatic heterocycles. The first-order chi connectivity index (χ1) is 9.96. The van der Waals surface area contributed by atoms with Crippen molar-refractivity contribution in [2.45, 2.75) is 26.2 Å². The summed E-state index contributed by atoms with van der Waals surface area (Å²) in [6.07, 6.45) is 2.45. The van der Waals surface area contributed by atoms with E-state index in [0.29, 0.717) is 13.0 Å². The van der Waals surface area contributed by atoms with Gasteiger partial charge in [-0.25, -0.2) is 18.1 Å². The Kier molecular flexibility index (Phi) is 5.50. The van der Waals surface area contributed by atoms with E-state index in [-0.39, 0.29) is 11.7 Å². The fraction of sp³-hybridized carbons (Fsp3) is 0.400. The van der Waals surface area contributed by atoms with Crippen LogP contribution in [0.4, 0.5) is 0 Å². The first kappa shape index (κ1) is 16.1. The van der Waals surface area contributed by atoms with Crippen molar-refractivity contribution < 1.29 is 8.42 Å². The summed E-state index contributed by atoms with van der Waals surface area (Å²) < 4.78 is 26.8. The van der Waals surface area contributed by atoms with Crippen LogP contribution in [-0.4, -0.2) is 25.7 Å². The molecule has 1 heterocycles. The molecule has 0 amide bonds. The third kappa shape index (κ3) is 5.22. The normalized spacial score (nSPS) is 13.2. The number of sulfonamides is 1. The predicted octanol–water partition coefficient (Wildman–Crippen LogP) is 2.72. The maximum atomic E-state index is 12.1. The first-order valence-corrected chi connectivity index (χ1v) is 9.37. The molecule has 4 nitrogen and oxygen atoms in total. The van der Waals surface area contributed by atoms with Crippen LogP contribution in [0.3, 0.4) is 0 Å². The number of nitrogens with zero attached hydrogens (tertiary/aromatic N) is 1. The highest BCUT2D eigenvalue weighted by Gasteiger charge is 2.16. The Morgan fingerprint density at radius 3 is 2.62 bits per heavy atom. The van der Waals surface area contributed by atoms with E-state index in [0.717, 1.165) is 15.4 Å².